The summed E-state index contributed by atoms with van der Waals surface area (Å²) in [7, 11) is 1.41. The van der Waals surface area contributed by atoms with Gasteiger partial charge in [-0.1, -0.05) is 13.8 Å². The molecule has 17 heavy (non-hydrogen) atoms. The van der Waals surface area contributed by atoms with Gasteiger partial charge in [-0.3, -0.25) is 4.79 Å². The average molecular weight is 239 g/mol. The van der Waals surface area contributed by atoms with E-state index in [1.165, 1.54) is 7.11 Å². The molecular formula is C12H21N3O2. The molecule has 0 N–H and O–H groups in total. The van der Waals surface area contributed by atoms with Crippen LogP contribution in [0.15, 0.2) is 0 Å². The summed E-state index contributed by atoms with van der Waals surface area (Å²) in [6, 6.07) is -0.0369. The Hall–Kier alpha value is -1.39. The van der Waals surface area contributed by atoms with Crippen LogP contribution in [0.5, 0.6) is 0 Å². The predicted octanol–water partition coefficient (Wildman–Crippen LogP) is 1.77. The van der Waals surface area contributed by atoms with Gasteiger partial charge in [0.25, 0.3) is 0 Å². The summed E-state index contributed by atoms with van der Waals surface area (Å²) >= 11 is 0. The highest BCUT2D eigenvalue weighted by atomic mass is 16.5. The Morgan fingerprint density at radius 3 is 2.47 bits per heavy atom. The van der Waals surface area contributed by atoms with Gasteiger partial charge in [-0.2, -0.15) is 5.10 Å². The molecule has 5 heteroatoms. The summed E-state index contributed by atoms with van der Waals surface area (Å²) in [4.78, 5) is 16.0. The third-order valence-electron chi connectivity index (χ3n) is 3.06. The van der Waals surface area contributed by atoms with Gasteiger partial charge in [-0.05, 0) is 13.8 Å². The van der Waals surface area contributed by atoms with Gasteiger partial charge in [0.1, 0.15) is 5.82 Å². The van der Waals surface area contributed by atoms with Gasteiger partial charge >= 0.3 is 5.97 Å². The minimum Gasteiger partial charge on any atom is -0.469 e. The molecule has 0 saturated heterocycles. The van der Waals surface area contributed by atoms with Gasteiger partial charge in [0.15, 0.2) is 5.82 Å². The van der Waals surface area contributed by atoms with Crippen LogP contribution in [0, 0.1) is 5.92 Å². The van der Waals surface area contributed by atoms with Crippen molar-refractivity contribution < 1.29 is 9.53 Å². The van der Waals surface area contributed by atoms with Crippen LogP contribution in [0.3, 0.4) is 0 Å². The molecule has 2 unspecified atom stereocenters. The van der Waals surface area contributed by atoms with E-state index in [0.717, 1.165) is 24.5 Å². The number of aromatic nitrogens is 3. The second-order valence-electron chi connectivity index (χ2n) is 4.15. The monoisotopic (exact) mass is 239 g/mol. The van der Waals surface area contributed by atoms with E-state index < -0.39 is 0 Å². The summed E-state index contributed by atoms with van der Waals surface area (Å²) in [6.45, 7) is 7.88. The molecule has 0 aliphatic heterocycles. The zero-order chi connectivity index (χ0) is 13.0. The molecule has 0 saturated carbocycles. The Balaban J connectivity index is 2.97. The third kappa shape index (κ3) is 2.84. The molecule has 0 amide bonds. The second-order valence-corrected chi connectivity index (χ2v) is 4.15. The molecular weight excluding hydrogens is 218 g/mol. The van der Waals surface area contributed by atoms with E-state index in [0.29, 0.717) is 0 Å². The highest BCUT2D eigenvalue weighted by Crippen LogP contribution is 2.20. The maximum Gasteiger partial charge on any atom is 0.310 e. The molecule has 1 aromatic rings. The van der Waals surface area contributed by atoms with Crippen LogP contribution < -0.4 is 0 Å². The normalized spacial score (nSPS) is 14.4. The van der Waals surface area contributed by atoms with E-state index in [2.05, 4.69) is 10.1 Å². The Labute approximate surface area is 102 Å². The zero-order valence-corrected chi connectivity index (χ0v) is 11.2. The molecule has 1 aromatic heterocycles. The van der Waals surface area contributed by atoms with Crippen molar-refractivity contribution >= 4 is 5.97 Å². The first-order chi connectivity index (χ1) is 8.04. The lowest BCUT2D eigenvalue weighted by molar-refractivity contribution is -0.146. The lowest BCUT2D eigenvalue weighted by atomic mass is 10.0. The lowest BCUT2D eigenvalue weighted by Gasteiger charge is -2.19. The number of ether oxygens (including phenoxy) is 1. The SMILES string of the molecule is CCc1nc(CC)n(C(C)C(C)C(=O)OC)n1. The summed E-state index contributed by atoms with van der Waals surface area (Å²) < 4.78 is 6.61. The van der Waals surface area contributed by atoms with Crippen LogP contribution in [0.4, 0.5) is 0 Å². The maximum atomic E-state index is 11.5. The Morgan fingerprint density at radius 2 is 2.00 bits per heavy atom. The number of hydrogen-bond acceptors (Lipinski definition) is 4. The van der Waals surface area contributed by atoms with Crippen molar-refractivity contribution in [1.29, 1.82) is 0 Å². The minimum absolute atomic E-state index is 0.0369. The first-order valence-electron chi connectivity index (χ1n) is 6.07. The van der Waals surface area contributed by atoms with Gasteiger partial charge in [0, 0.05) is 12.8 Å². The molecule has 5 nitrogen and oxygen atoms in total. The van der Waals surface area contributed by atoms with Crippen LogP contribution in [0.25, 0.3) is 0 Å². The number of esters is 1. The molecule has 1 rings (SSSR count). The smallest absolute Gasteiger partial charge is 0.310 e. The van der Waals surface area contributed by atoms with Crippen molar-refractivity contribution in [2.75, 3.05) is 7.11 Å². The molecule has 96 valence electrons. The number of methoxy groups -OCH3 is 1. The third-order valence-corrected chi connectivity index (χ3v) is 3.06. The predicted molar refractivity (Wildman–Crippen MR) is 64.7 cm³/mol. The minimum atomic E-state index is -0.225. The fraction of sp³-hybridized carbons (Fsp3) is 0.750. The van der Waals surface area contributed by atoms with Crippen LogP contribution in [0.2, 0.25) is 0 Å². The van der Waals surface area contributed by atoms with Crippen molar-refractivity contribution in [1.82, 2.24) is 14.8 Å². The van der Waals surface area contributed by atoms with Crippen molar-refractivity contribution in [3.8, 4) is 0 Å². The first-order valence-corrected chi connectivity index (χ1v) is 6.07. The summed E-state index contributed by atoms with van der Waals surface area (Å²) in [5.74, 6) is 1.31. The average Bonchev–Trinajstić information content (AvgIpc) is 2.79. The molecule has 2 atom stereocenters. The highest BCUT2D eigenvalue weighted by molar-refractivity contribution is 5.72. The van der Waals surface area contributed by atoms with E-state index in [9.17, 15) is 4.79 Å². The number of nitrogens with zero attached hydrogens (tertiary/aromatic N) is 3. The Morgan fingerprint density at radius 1 is 1.35 bits per heavy atom. The van der Waals surface area contributed by atoms with Crippen LogP contribution in [-0.4, -0.2) is 27.8 Å². The number of carbonyl (C=O) groups is 1. The standard InChI is InChI=1S/C12H21N3O2/c1-6-10-13-11(7-2)15(14-10)9(4)8(3)12(16)17-5/h8-9H,6-7H2,1-5H3. The van der Waals surface area contributed by atoms with Gasteiger partial charge in [0.2, 0.25) is 0 Å². The van der Waals surface area contributed by atoms with Crippen LogP contribution >= 0.6 is 0 Å². The Kier molecular flexibility index (Phi) is 4.66. The molecule has 0 spiro atoms. The highest BCUT2D eigenvalue weighted by Gasteiger charge is 2.25. The second kappa shape index (κ2) is 5.80. The fourth-order valence-corrected chi connectivity index (χ4v) is 1.72. The molecule has 0 aromatic carbocycles. The van der Waals surface area contributed by atoms with E-state index >= 15 is 0 Å². The molecule has 0 fully saturated rings. The largest absolute Gasteiger partial charge is 0.469 e. The molecule has 0 aliphatic carbocycles. The van der Waals surface area contributed by atoms with Gasteiger partial charge in [-0.15, -0.1) is 0 Å². The quantitative estimate of drug-likeness (QED) is 0.735. The molecule has 0 bridgehead atoms. The molecule has 0 aliphatic rings. The summed E-state index contributed by atoms with van der Waals surface area (Å²) in [6.07, 6.45) is 1.62. The van der Waals surface area contributed by atoms with Crippen molar-refractivity contribution in [3.63, 3.8) is 0 Å². The summed E-state index contributed by atoms with van der Waals surface area (Å²) in [5.41, 5.74) is 0. The van der Waals surface area contributed by atoms with Gasteiger partial charge in [0.05, 0.1) is 19.1 Å². The summed E-state index contributed by atoms with van der Waals surface area (Å²) in [5, 5.41) is 4.43. The molecule has 1 heterocycles. The number of rotatable bonds is 5. The number of aryl methyl sites for hydroxylation is 2. The van der Waals surface area contributed by atoms with E-state index in [-0.39, 0.29) is 17.9 Å². The Bertz CT molecular complexity index is 387. The maximum absolute atomic E-state index is 11.5. The van der Waals surface area contributed by atoms with E-state index in [4.69, 9.17) is 4.74 Å². The lowest BCUT2D eigenvalue weighted by Crippen LogP contribution is -2.25. The van der Waals surface area contributed by atoms with Crippen molar-refractivity contribution in [2.45, 2.75) is 46.6 Å². The number of carbonyl (C=O) groups excluding carboxylic acids is 1. The first kappa shape index (κ1) is 13.7. The fourth-order valence-electron chi connectivity index (χ4n) is 1.72. The van der Waals surface area contributed by atoms with E-state index in [1.54, 1.807) is 0 Å². The van der Waals surface area contributed by atoms with E-state index in [1.807, 2.05) is 32.4 Å². The van der Waals surface area contributed by atoms with Gasteiger partial charge in [-0.25, -0.2) is 9.67 Å². The topological polar surface area (TPSA) is 57.0 Å². The van der Waals surface area contributed by atoms with Crippen molar-refractivity contribution in [2.24, 2.45) is 5.92 Å². The number of hydrogen-bond donors (Lipinski definition) is 0. The van der Waals surface area contributed by atoms with Gasteiger partial charge < -0.3 is 4.74 Å². The van der Waals surface area contributed by atoms with Crippen molar-refractivity contribution in [3.05, 3.63) is 11.6 Å². The van der Waals surface area contributed by atoms with Crippen LogP contribution in [-0.2, 0) is 22.4 Å². The molecule has 0 radical (unpaired) electrons. The van der Waals surface area contributed by atoms with Crippen LogP contribution in [0.1, 0.15) is 45.4 Å². The zero-order valence-electron chi connectivity index (χ0n) is 11.2.